The van der Waals surface area contributed by atoms with Gasteiger partial charge >= 0.3 is 0 Å². The SMILES string of the molecule is CNC(=O)[C@@H](C)N(Cc1ccc(OC)cc1)C(=O)CN(c1cccc(C)c1)S(=O)(=O)c1ccc(C)cc1. The van der Waals surface area contributed by atoms with Gasteiger partial charge in [-0.2, -0.15) is 0 Å². The molecule has 2 amide bonds. The largest absolute Gasteiger partial charge is 0.497 e. The van der Waals surface area contributed by atoms with Crippen LogP contribution in [-0.2, 0) is 26.2 Å². The van der Waals surface area contributed by atoms with Gasteiger partial charge in [-0.1, -0.05) is 42.0 Å². The molecule has 0 aromatic heterocycles. The van der Waals surface area contributed by atoms with E-state index >= 15 is 0 Å². The van der Waals surface area contributed by atoms with Crippen LogP contribution < -0.4 is 14.4 Å². The van der Waals surface area contributed by atoms with Crippen molar-refractivity contribution in [2.75, 3.05) is 25.0 Å². The van der Waals surface area contributed by atoms with E-state index in [0.29, 0.717) is 11.4 Å². The Morgan fingerprint density at radius 2 is 1.59 bits per heavy atom. The van der Waals surface area contributed by atoms with Gasteiger partial charge in [0.05, 0.1) is 17.7 Å². The Hall–Kier alpha value is -3.85. The smallest absolute Gasteiger partial charge is 0.264 e. The van der Waals surface area contributed by atoms with Gasteiger partial charge < -0.3 is 15.0 Å². The molecule has 0 heterocycles. The van der Waals surface area contributed by atoms with Crippen LogP contribution in [0.4, 0.5) is 5.69 Å². The molecule has 37 heavy (non-hydrogen) atoms. The minimum absolute atomic E-state index is 0.0773. The van der Waals surface area contributed by atoms with Gasteiger partial charge in [-0.3, -0.25) is 13.9 Å². The summed E-state index contributed by atoms with van der Waals surface area (Å²) >= 11 is 0. The number of aryl methyl sites for hydroxylation is 2. The average Bonchev–Trinajstić information content (AvgIpc) is 2.89. The number of hydrogen-bond donors (Lipinski definition) is 1. The molecule has 0 fully saturated rings. The summed E-state index contributed by atoms with van der Waals surface area (Å²) in [6.07, 6.45) is 0. The van der Waals surface area contributed by atoms with Gasteiger partial charge in [0.15, 0.2) is 0 Å². The first-order valence-electron chi connectivity index (χ1n) is 11.9. The lowest BCUT2D eigenvalue weighted by Crippen LogP contribution is -2.50. The van der Waals surface area contributed by atoms with Gasteiger partial charge in [-0.25, -0.2) is 8.42 Å². The molecule has 0 unspecified atom stereocenters. The molecule has 8 nitrogen and oxygen atoms in total. The summed E-state index contributed by atoms with van der Waals surface area (Å²) in [6.45, 7) is 4.98. The van der Waals surface area contributed by atoms with Crippen LogP contribution in [-0.4, -0.2) is 51.9 Å². The van der Waals surface area contributed by atoms with Gasteiger partial charge in [0.1, 0.15) is 18.3 Å². The molecule has 9 heteroatoms. The third kappa shape index (κ3) is 6.68. The van der Waals surface area contributed by atoms with Crippen molar-refractivity contribution in [3.8, 4) is 5.75 Å². The number of hydrogen-bond acceptors (Lipinski definition) is 5. The van der Waals surface area contributed by atoms with Crippen molar-refractivity contribution in [1.29, 1.82) is 0 Å². The van der Waals surface area contributed by atoms with Crippen LogP contribution >= 0.6 is 0 Å². The second-order valence-electron chi connectivity index (χ2n) is 8.82. The highest BCUT2D eigenvalue weighted by Crippen LogP contribution is 2.26. The zero-order valence-electron chi connectivity index (χ0n) is 21.8. The average molecular weight is 524 g/mol. The molecule has 0 bridgehead atoms. The Labute approximate surface area is 218 Å². The van der Waals surface area contributed by atoms with Crippen molar-refractivity contribution in [3.63, 3.8) is 0 Å². The molecule has 0 aliphatic carbocycles. The van der Waals surface area contributed by atoms with Crippen molar-refractivity contribution >= 4 is 27.5 Å². The monoisotopic (exact) mass is 523 g/mol. The van der Waals surface area contributed by atoms with Crippen molar-refractivity contribution in [2.45, 2.75) is 38.3 Å². The first-order chi connectivity index (χ1) is 17.6. The highest BCUT2D eigenvalue weighted by atomic mass is 32.2. The van der Waals surface area contributed by atoms with E-state index in [4.69, 9.17) is 4.74 Å². The number of anilines is 1. The fraction of sp³-hybridized carbons (Fsp3) is 0.286. The topological polar surface area (TPSA) is 96.0 Å². The summed E-state index contributed by atoms with van der Waals surface area (Å²) in [5, 5.41) is 2.57. The van der Waals surface area contributed by atoms with Crippen LogP contribution in [0.1, 0.15) is 23.6 Å². The van der Waals surface area contributed by atoms with Gasteiger partial charge in [0, 0.05) is 13.6 Å². The number of methoxy groups -OCH3 is 1. The van der Waals surface area contributed by atoms with Gasteiger partial charge in [0.2, 0.25) is 11.8 Å². The van der Waals surface area contributed by atoms with E-state index < -0.39 is 28.5 Å². The Morgan fingerprint density at radius 1 is 0.946 bits per heavy atom. The zero-order valence-corrected chi connectivity index (χ0v) is 22.6. The van der Waals surface area contributed by atoms with E-state index in [1.807, 2.05) is 19.9 Å². The van der Waals surface area contributed by atoms with Crippen molar-refractivity contribution in [1.82, 2.24) is 10.2 Å². The lowest BCUT2D eigenvalue weighted by molar-refractivity contribution is -0.139. The van der Waals surface area contributed by atoms with Crippen molar-refractivity contribution < 1.29 is 22.7 Å². The van der Waals surface area contributed by atoms with Gasteiger partial charge in [-0.15, -0.1) is 0 Å². The van der Waals surface area contributed by atoms with E-state index in [2.05, 4.69) is 5.32 Å². The molecule has 0 aliphatic heterocycles. The molecule has 0 saturated carbocycles. The third-order valence-corrected chi connectivity index (χ3v) is 7.89. The van der Waals surface area contributed by atoms with Crippen LogP contribution in [0.15, 0.2) is 77.7 Å². The van der Waals surface area contributed by atoms with E-state index in [0.717, 1.165) is 21.0 Å². The quantitative estimate of drug-likeness (QED) is 0.438. The van der Waals surface area contributed by atoms with E-state index in [-0.39, 0.29) is 17.3 Å². The molecule has 3 aromatic carbocycles. The molecule has 0 aliphatic rings. The van der Waals surface area contributed by atoms with Crippen LogP contribution in [0.5, 0.6) is 5.75 Å². The summed E-state index contributed by atoms with van der Waals surface area (Å²) in [4.78, 5) is 27.8. The lowest BCUT2D eigenvalue weighted by atomic mass is 10.1. The third-order valence-electron chi connectivity index (χ3n) is 6.10. The van der Waals surface area contributed by atoms with Gasteiger partial charge in [-0.05, 0) is 68.3 Å². The molecular weight excluding hydrogens is 490 g/mol. The van der Waals surface area contributed by atoms with Crippen LogP contribution in [0.25, 0.3) is 0 Å². The molecule has 1 atom stereocenters. The van der Waals surface area contributed by atoms with Gasteiger partial charge in [0.25, 0.3) is 10.0 Å². The molecule has 0 spiro atoms. The predicted octanol–water partition coefficient (Wildman–Crippen LogP) is 3.67. The molecule has 3 aromatic rings. The number of sulfonamides is 1. The Balaban J connectivity index is 2.01. The van der Waals surface area contributed by atoms with Crippen molar-refractivity contribution in [3.05, 3.63) is 89.5 Å². The van der Waals surface area contributed by atoms with E-state index in [1.165, 1.54) is 24.1 Å². The lowest BCUT2D eigenvalue weighted by Gasteiger charge is -2.32. The Morgan fingerprint density at radius 3 is 2.16 bits per heavy atom. The molecule has 196 valence electrons. The molecule has 1 N–H and O–H groups in total. The fourth-order valence-electron chi connectivity index (χ4n) is 3.87. The first-order valence-corrected chi connectivity index (χ1v) is 13.3. The maximum absolute atomic E-state index is 13.8. The van der Waals surface area contributed by atoms with Crippen LogP contribution in [0.2, 0.25) is 0 Å². The number of benzene rings is 3. The first kappa shape index (κ1) is 27.7. The van der Waals surface area contributed by atoms with E-state index in [9.17, 15) is 18.0 Å². The second kappa shape index (κ2) is 11.9. The molecule has 3 rings (SSSR count). The summed E-state index contributed by atoms with van der Waals surface area (Å²) in [5.74, 6) is -0.203. The number of carbonyl (C=O) groups excluding carboxylic acids is 2. The molecular formula is C28H33N3O5S. The fourth-order valence-corrected chi connectivity index (χ4v) is 5.27. The normalized spacial score (nSPS) is 11.9. The number of ether oxygens (including phenoxy) is 1. The standard InChI is InChI=1S/C28H33N3O5S/c1-20-9-15-26(16-10-20)37(34,35)31(24-8-6-7-21(2)17-24)19-27(32)30(22(3)28(33)29-4)18-23-11-13-25(36-5)14-12-23/h6-17,22H,18-19H2,1-5H3,(H,29,33)/t22-/m1/s1. The highest BCUT2D eigenvalue weighted by Gasteiger charge is 2.32. The maximum atomic E-state index is 13.8. The Kier molecular flexibility index (Phi) is 8.94. The maximum Gasteiger partial charge on any atom is 0.264 e. The van der Waals surface area contributed by atoms with Crippen LogP contribution in [0.3, 0.4) is 0 Å². The number of likely N-dealkylation sites (N-methyl/N-ethyl adjacent to an activating group) is 1. The molecule has 0 saturated heterocycles. The minimum Gasteiger partial charge on any atom is -0.497 e. The number of nitrogens with one attached hydrogen (secondary N) is 1. The van der Waals surface area contributed by atoms with E-state index in [1.54, 1.807) is 68.6 Å². The summed E-state index contributed by atoms with van der Waals surface area (Å²) in [6, 6.07) is 19.8. The molecule has 0 radical (unpaired) electrons. The zero-order chi connectivity index (χ0) is 27.2. The number of carbonyl (C=O) groups is 2. The second-order valence-corrected chi connectivity index (χ2v) is 10.7. The summed E-state index contributed by atoms with van der Waals surface area (Å²) < 4.78 is 33.8. The summed E-state index contributed by atoms with van der Waals surface area (Å²) in [5.41, 5.74) is 2.91. The minimum atomic E-state index is -4.08. The highest BCUT2D eigenvalue weighted by molar-refractivity contribution is 7.92. The number of rotatable bonds is 10. The predicted molar refractivity (Wildman–Crippen MR) is 144 cm³/mol. The summed E-state index contributed by atoms with van der Waals surface area (Å²) in [7, 11) is -1.02. The van der Waals surface area contributed by atoms with Crippen LogP contribution in [0, 0.1) is 13.8 Å². The number of nitrogens with zero attached hydrogens (tertiary/aromatic N) is 2. The number of amides is 2. The Bertz CT molecular complexity index is 1340. The van der Waals surface area contributed by atoms with Crippen molar-refractivity contribution in [2.24, 2.45) is 0 Å².